The van der Waals surface area contributed by atoms with E-state index in [-0.39, 0.29) is 12.3 Å². The Hall–Kier alpha value is -3.41. The number of para-hydroxylation sites is 1. The van der Waals surface area contributed by atoms with Crippen molar-refractivity contribution in [3.05, 3.63) is 71.6 Å². The number of benzene rings is 2. The van der Waals surface area contributed by atoms with Crippen LogP contribution in [-0.2, 0) is 20.7 Å². The third-order valence-corrected chi connectivity index (χ3v) is 4.71. The molecule has 2 aromatic carbocycles. The van der Waals surface area contributed by atoms with Crippen LogP contribution in [0.25, 0.3) is 11.1 Å². The van der Waals surface area contributed by atoms with E-state index in [0.29, 0.717) is 17.9 Å². The molecule has 0 aliphatic heterocycles. The van der Waals surface area contributed by atoms with Crippen LogP contribution in [-0.4, -0.2) is 23.1 Å². The second-order valence-electron chi connectivity index (χ2n) is 6.84. The van der Waals surface area contributed by atoms with Gasteiger partial charge in [0.05, 0.1) is 5.69 Å². The van der Waals surface area contributed by atoms with Crippen LogP contribution in [0.3, 0.4) is 0 Å². The summed E-state index contributed by atoms with van der Waals surface area (Å²) in [7, 11) is 0. The summed E-state index contributed by atoms with van der Waals surface area (Å²) in [5.41, 5.74) is 4.22. The highest BCUT2D eigenvalue weighted by Crippen LogP contribution is 2.27. The molecule has 0 unspecified atom stereocenters. The molecule has 1 N–H and O–H groups in total. The van der Waals surface area contributed by atoms with Gasteiger partial charge in [-0.3, -0.25) is 9.59 Å². The first-order valence-corrected chi connectivity index (χ1v) is 9.52. The molecule has 6 nitrogen and oxygen atoms in total. The quantitative estimate of drug-likeness (QED) is 0.600. The lowest BCUT2D eigenvalue weighted by molar-refractivity contribution is -0.153. The maximum atomic E-state index is 12.6. The Labute approximate surface area is 169 Å². The molecule has 1 atom stereocenters. The van der Waals surface area contributed by atoms with Gasteiger partial charge in [-0.15, -0.1) is 0 Å². The molecule has 0 aliphatic rings. The van der Waals surface area contributed by atoms with Crippen LogP contribution in [0.1, 0.15) is 30.4 Å². The second kappa shape index (κ2) is 9.19. The monoisotopic (exact) mass is 392 g/mol. The molecule has 150 valence electrons. The van der Waals surface area contributed by atoms with Crippen molar-refractivity contribution in [1.82, 2.24) is 5.16 Å². The molecule has 0 aliphatic carbocycles. The SMILES string of the molecule is Cc1noc(C)c1CCC(=O)O[C@H](C)C(=O)Nc1ccccc1-c1ccccc1. The number of rotatable bonds is 7. The number of nitrogens with zero attached hydrogens (tertiary/aromatic N) is 1. The molecule has 0 saturated heterocycles. The topological polar surface area (TPSA) is 81.4 Å². The van der Waals surface area contributed by atoms with Gasteiger partial charge in [0, 0.05) is 23.2 Å². The fourth-order valence-electron chi connectivity index (χ4n) is 3.09. The minimum Gasteiger partial charge on any atom is -0.453 e. The lowest BCUT2D eigenvalue weighted by Gasteiger charge is -2.16. The Morgan fingerprint density at radius 2 is 1.76 bits per heavy atom. The smallest absolute Gasteiger partial charge is 0.306 e. The molecule has 0 bridgehead atoms. The van der Waals surface area contributed by atoms with E-state index in [9.17, 15) is 9.59 Å². The highest BCUT2D eigenvalue weighted by molar-refractivity contribution is 5.98. The lowest BCUT2D eigenvalue weighted by Crippen LogP contribution is -2.30. The Kier molecular flexibility index (Phi) is 6.44. The van der Waals surface area contributed by atoms with Crippen molar-refractivity contribution in [2.75, 3.05) is 5.32 Å². The number of hydrogen-bond acceptors (Lipinski definition) is 5. The number of ether oxygens (including phenoxy) is 1. The Morgan fingerprint density at radius 1 is 1.07 bits per heavy atom. The van der Waals surface area contributed by atoms with E-state index in [2.05, 4.69) is 10.5 Å². The van der Waals surface area contributed by atoms with Crippen molar-refractivity contribution in [2.45, 2.75) is 39.7 Å². The molecule has 1 aromatic heterocycles. The normalized spacial score (nSPS) is 11.7. The summed E-state index contributed by atoms with van der Waals surface area (Å²) < 4.78 is 10.4. The van der Waals surface area contributed by atoms with Gasteiger partial charge in [-0.25, -0.2) is 0 Å². The average Bonchev–Trinajstić information content (AvgIpc) is 3.05. The van der Waals surface area contributed by atoms with Gasteiger partial charge in [0.25, 0.3) is 5.91 Å². The summed E-state index contributed by atoms with van der Waals surface area (Å²) in [6.07, 6.45) is -0.289. The van der Waals surface area contributed by atoms with Gasteiger partial charge in [0.15, 0.2) is 6.10 Å². The summed E-state index contributed by atoms with van der Waals surface area (Å²) in [5, 5.41) is 6.73. The van der Waals surface area contributed by atoms with Gasteiger partial charge in [0.1, 0.15) is 5.76 Å². The number of hydrogen-bond donors (Lipinski definition) is 1. The van der Waals surface area contributed by atoms with Gasteiger partial charge >= 0.3 is 5.97 Å². The van der Waals surface area contributed by atoms with Gasteiger partial charge in [0.2, 0.25) is 0 Å². The summed E-state index contributed by atoms with van der Waals surface area (Å²) >= 11 is 0. The predicted molar refractivity (Wildman–Crippen MR) is 110 cm³/mol. The number of carbonyl (C=O) groups excluding carboxylic acids is 2. The second-order valence-corrected chi connectivity index (χ2v) is 6.84. The molecule has 1 amide bonds. The van der Waals surface area contributed by atoms with Crippen LogP contribution < -0.4 is 5.32 Å². The Morgan fingerprint density at radius 3 is 2.45 bits per heavy atom. The van der Waals surface area contributed by atoms with Crippen LogP contribution in [0.15, 0.2) is 59.1 Å². The molecular weight excluding hydrogens is 368 g/mol. The van der Waals surface area contributed by atoms with Crippen molar-refractivity contribution < 1.29 is 18.8 Å². The number of anilines is 1. The molecule has 3 aromatic rings. The maximum Gasteiger partial charge on any atom is 0.306 e. The number of amides is 1. The molecule has 0 saturated carbocycles. The zero-order chi connectivity index (χ0) is 20.8. The van der Waals surface area contributed by atoms with Gasteiger partial charge in [-0.1, -0.05) is 53.7 Å². The molecule has 3 rings (SSSR count). The highest BCUT2D eigenvalue weighted by atomic mass is 16.5. The third-order valence-electron chi connectivity index (χ3n) is 4.71. The van der Waals surface area contributed by atoms with Crippen LogP contribution in [0.2, 0.25) is 0 Å². The fourth-order valence-corrected chi connectivity index (χ4v) is 3.09. The first-order valence-electron chi connectivity index (χ1n) is 9.52. The number of aromatic nitrogens is 1. The lowest BCUT2D eigenvalue weighted by atomic mass is 10.0. The maximum absolute atomic E-state index is 12.6. The molecule has 6 heteroatoms. The first kappa shape index (κ1) is 20.3. The molecule has 0 fully saturated rings. The van der Waals surface area contributed by atoms with Gasteiger partial charge < -0.3 is 14.6 Å². The van der Waals surface area contributed by atoms with E-state index in [0.717, 1.165) is 22.4 Å². The number of esters is 1. The summed E-state index contributed by atoms with van der Waals surface area (Å²) in [6.45, 7) is 5.20. The molecule has 0 spiro atoms. The van der Waals surface area contributed by atoms with Gasteiger partial charge in [-0.2, -0.15) is 0 Å². The Bertz CT molecular complexity index is 976. The van der Waals surface area contributed by atoms with E-state index in [4.69, 9.17) is 9.26 Å². The molecule has 0 radical (unpaired) electrons. The van der Waals surface area contributed by atoms with Crippen LogP contribution in [0.5, 0.6) is 0 Å². The average molecular weight is 392 g/mol. The van der Waals surface area contributed by atoms with Crippen LogP contribution in [0.4, 0.5) is 5.69 Å². The van der Waals surface area contributed by atoms with Crippen molar-refractivity contribution >= 4 is 17.6 Å². The number of aryl methyl sites for hydroxylation is 2. The summed E-state index contributed by atoms with van der Waals surface area (Å²) in [6, 6.07) is 17.3. The van der Waals surface area contributed by atoms with Crippen LogP contribution >= 0.6 is 0 Å². The number of nitrogens with one attached hydrogen (secondary N) is 1. The minimum atomic E-state index is -0.906. The van der Waals surface area contributed by atoms with Crippen molar-refractivity contribution in [1.29, 1.82) is 0 Å². The fraction of sp³-hybridized carbons (Fsp3) is 0.261. The van der Waals surface area contributed by atoms with E-state index >= 15 is 0 Å². The summed E-state index contributed by atoms with van der Waals surface area (Å²) in [4.78, 5) is 24.7. The Balaban J connectivity index is 1.59. The predicted octanol–water partition coefficient (Wildman–Crippen LogP) is 4.46. The third kappa shape index (κ3) is 5.10. The molecule has 29 heavy (non-hydrogen) atoms. The van der Waals surface area contributed by atoms with Gasteiger partial charge in [-0.05, 0) is 38.8 Å². The van der Waals surface area contributed by atoms with E-state index in [1.54, 1.807) is 13.8 Å². The molecular formula is C23H24N2O4. The first-order chi connectivity index (χ1) is 14.0. The summed E-state index contributed by atoms with van der Waals surface area (Å²) in [5.74, 6) is -0.123. The van der Waals surface area contributed by atoms with Crippen molar-refractivity contribution in [3.8, 4) is 11.1 Å². The largest absolute Gasteiger partial charge is 0.453 e. The number of carbonyl (C=O) groups is 2. The molecule has 1 heterocycles. The zero-order valence-electron chi connectivity index (χ0n) is 16.8. The van der Waals surface area contributed by atoms with E-state index < -0.39 is 12.1 Å². The zero-order valence-corrected chi connectivity index (χ0v) is 16.8. The van der Waals surface area contributed by atoms with Crippen LogP contribution in [0, 0.1) is 13.8 Å². The van der Waals surface area contributed by atoms with Crippen molar-refractivity contribution in [2.24, 2.45) is 0 Å². The highest BCUT2D eigenvalue weighted by Gasteiger charge is 2.20. The minimum absolute atomic E-state index is 0.154. The van der Waals surface area contributed by atoms with E-state index in [1.807, 2.05) is 61.5 Å². The van der Waals surface area contributed by atoms with E-state index in [1.165, 1.54) is 0 Å². The van der Waals surface area contributed by atoms with Crippen molar-refractivity contribution in [3.63, 3.8) is 0 Å². The standard InChI is InChI=1S/C23H24N2O4/c1-15-19(16(2)29-25-15)13-14-22(26)28-17(3)23(27)24-21-12-8-7-11-20(21)18-9-5-4-6-10-18/h4-12,17H,13-14H2,1-3H3,(H,24,27)/t17-/m1/s1.